The molecule has 0 atom stereocenters. The molecule has 0 radical (unpaired) electrons. The number of carbonyl (C=O) groups is 1. The standard InChI is InChI=1S/C17H19ClN2O/c1-2-20(11-12-6-5-7-12)17(21)15-10-19-16(18)14-9-4-3-8-13(14)15/h3-4,8-10,12H,2,5-7,11H2,1H3. The molecule has 0 unspecified atom stereocenters. The van der Waals surface area contributed by atoms with E-state index in [1.807, 2.05) is 36.1 Å². The molecule has 1 aromatic heterocycles. The van der Waals surface area contributed by atoms with Gasteiger partial charge in [-0.15, -0.1) is 0 Å². The largest absolute Gasteiger partial charge is 0.339 e. The van der Waals surface area contributed by atoms with Crippen molar-refractivity contribution in [3.05, 3.63) is 41.2 Å². The van der Waals surface area contributed by atoms with E-state index in [1.165, 1.54) is 19.3 Å². The molecule has 3 nitrogen and oxygen atoms in total. The first kappa shape index (κ1) is 14.3. The van der Waals surface area contributed by atoms with Gasteiger partial charge in [0, 0.05) is 24.7 Å². The summed E-state index contributed by atoms with van der Waals surface area (Å²) in [5.74, 6) is 0.727. The zero-order valence-corrected chi connectivity index (χ0v) is 12.9. The van der Waals surface area contributed by atoms with Crippen molar-refractivity contribution in [2.45, 2.75) is 26.2 Å². The number of hydrogen-bond donors (Lipinski definition) is 0. The minimum atomic E-state index is 0.0600. The molecule has 110 valence electrons. The molecule has 0 bridgehead atoms. The van der Waals surface area contributed by atoms with Crippen LogP contribution in [0.25, 0.3) is 10.8 Å². The number of hydrogen-bond acceptors (Lipinski definition) is 2. The number of halogens is 1. The van der Waals surface area contributed by atoms with Gasteiger partial charge in [0.05, 0.1) is 5.56 Å². The lowest BCUT2D eigenvalue weighted by Crippen LogP contribution is -2.37. The molecule has 1 fully saturated rings. The van der Waals surface area contributed by atoms with Gasteiger partial charge in [-0.25, -0.2) is 4.98 Å². The molecule has 0 N–H and O–H groups in total. The molecule has 0 spiro atoms. The third-order valence-corrected chi connectivity index (χ3v) is 4.65. The van der Waals surface area contributed by atoms with Crippen LogP contribution in [0.15, 0.2) is 30.5 Å². The van der Waals surface area contributed by atoms with E-state index in [-0.39, 0.29) is 5.91 Å². The van der Waals surface area contributed by atoms with E-state index >= 15 is 0 Å². The topological polar surface area (TPSA) is 33.2 Å². The van der Waals surface area contributed by atoms with Crippen molar-refractivity contribution in [1.82, 2.24) is 9.88 Å². The number of aromatic nitrogens is 1. The van der Waals surface area contributed by atoms with Gasteiger partial charge in [-0.2, -0.15) is 0 Å². The van der Waals surface area contributed by atoms with Crippen molar-refractivity contribution in [3.8, 4) is 0 Å². The van der Waals surface area contributed by atoms with Crippen molar-refractivity contribution < 1.29 is 4.79 Å². The Kier molecular flexibility index (Phi) is 4.11. The van der Waals surface area contributed by atoms with Crippen LogP contribution >= 0.6 is 11.6 Å². The smallest absolute Gasteiger partial charge is 0.256 e. The van der Waals surface area contributed by atoms with Crippen molar-refractivity contribution in [2.24, 2.45) is 5.92 Å². The zero-order chi connectivity index (χ0) is 14.8. The molecule has 1 amide bonds. The van der Waals surface area contributed by atoms with Crippen molar-refractivity contribution in [2.75, 3.05) is 13.1 Å². The highest BCUT2D eigenvalue weighted by Gasteiger charge is 2.24. The Labute approximate surface area is 129 Å². The molecule has 1 heterocycles. The summed E-state index contributed by atoms with van der Waals surface area (Å²) in [7, 11) is 0. The van der Waals surface area contributed by atoms with Gasteiger partial charge in [0.15, 0.2) is 0 Å². The van der Waals surface area contributed by atoms with Gasteiger partial charge >= 0.3 is 0 Å². The van der Waals surface area contributed by atoms with Crippen LogP contribution in [0.1, 0.15) is 36.5 Å². The predicted molar refractivity (Wildman–Crippen MR) is 85.7 cm³/mol. The van der Waals surface area contributed by atoms with Crippen LogP contribution in [0.5, 0.6) is 0 Å². The number of amides is 1. The maximum atomic E-state index is 12.8. The number of nitrogens with zero attached hydrogens (tertiary/aromatic N) is 2. The van der Waals surface area contributed by atoms with Crippen LogP contribution in [0.4, 0.5) is 0 Å². The Balaban J connectivity index is 1.94. The molecular weight excluding hydrogens is 284 g/mol. The first-order valence-electron chi connectivity index (χ1n) is 7.53. The minimum absolute atomic E-state index is 0.0600. The summed E-state index contributed by atoms with van der Waals surface area (Å²) < 4.78 is 0. The molecule has 3 rings (SSSR count). The van der Waals surface area contributed by atoms with Crippen LogP contribution in [-0.2, 0) is 0 Å². The summed E-state index contributed by atoms with van der Waals surface area (Å²) in [5.41, 5.74) is 0.649. The summed E-state index contributed by atoms with van der Waals surface area (Å²) >= 11 is 6.13. The first-order valence-corrected chi connectivity index (χ1v) is 7.91. The monoisotopic (exact) mass is 302 g/mol. The molecule has 0 aliphatic heterocycles. The Morgan fingerprint density at radius 3 is 2.67 bits per heavy atom. The van der Waals surface area contributed by atoms with Crippen LogP contribution < -0.4 is 0 Å². The van der Waals surface area contributed by atoms with E-state index in [2.05, 4.69) is 4.98 Å². The third kappa shape index (κ3) is 2.75. The first-order chi connectivity index (χ1) is 10.2. The quantitative estimate of drug-likeness (QED) is 0.795. The number of carbonyl (C=O) groups excluding carboxylic acids is 1. The van der Waals surface area contributed by atoms with E-state index in [0.29, 0.717) is 16.6 Å². The number of benzene rings is 1. The SMILES string of the molecule is CCN(CC1CCC1)C(=O)c1cnc(Cl)c2ccccc12. The Morgan fingerprint density at radius 1 is 1.33 bits per heavy atom. The van der Waals surface area contributed by atoms with Gasteiger partial charge in [-0.3, -0.25) is 4.79 Å². The lowest BCUT2D eigenvalue weighted by Gasteiger charge is -2.32. The molecule has 1 aliphatic carbocycles. The van der Waals surface area contributed by atoms with Crippen LogP contribution in [-0.4, -0.2) is 28.9 Å². The average molecular weight is 303 g/mol. The van der Waals surface area contributed by atoms with E-state index in [0.717, 1.165) is 23.9 Å². The normalized spacial score (nSPS) is 15.0. The van der Waals surface area contributed by atoms with Crippen molar-refractivity contribution in [1.29, 1.82) is 0 Å². The summed E-state index contributed by atoms with van der Waals surface area (Å²) in [6, 6.07) is 7.69. The molecule has 1 aromatic carbocycles. The van der Waals surface area contributed by atoms with Gasteiger partial charge in [0.1, 0.15) is 5.15 Å². The number of pyridine rings is 1. The molecule has 2 aromatic rings. The molecule has 1 aliphatic rings. The zero-order valence-electron chi connectivity index (χ0n) is 12.2. The van der Waals surface area contributed by atoms with Gasteiger partial charge in [0.25, 0.3) is 5.91 Å². The van der Waals surface area contributed by atoms with E-state index < -0.39 is 0 Å². The average Bonchev–Trinajstić information content (AvgIpc) is 2.46. The second kappa shape index (κ2) is 6.02. The van der Waals surface area contributed by atoms with Gasteiger partial charge < -0.3 is 4.90 Å². The fraction of sp³-hybridized carbons (Fsp3) is 0.412. The highest BCUT2D eigenvalue weighted by atomic mass is 35.5. The maximum Gasteiger partial charge on any atom is 0.256 e. The van der Waals surface area contributed by atoms with Crippen molar-refractivity contribution >= 4 is 28.3 Å². The Hall–Kier alpha value is -1.61. The van der Waals surface area contributed by atoms with Crippen LogP contribution in [0.3, 0.4) is 0 Å². The Bertz CT molecular complexity index is 667. The summed E-state index contributed by atoms with van der Waals surface area (Å²) in [5, 5.41) is 2.17. The summed E-state index contributed by atoms with van der Waals surface area (Å²) in [4.78, 5) is 18.9. The lowest BCUT2D eigenvalue weighted by molar-refractivity contribution is 0.0708. The number of rotatable bonds is 4. The maximum absolute atomic E-state index is 12.8. The third-order valence-electron chi connectivity index (χ3n) is 4.35. The van der Waals surface area contributed by atoms with Crippen LogP contribution in [0.2, 0.25) is 5.15 Å². The highest BCUT2D eigenvalue weighted by Crippen LogP contribution is 2.29. The van der Waals surface area contributed by atoms with Gasteiger partial charge in [0.2, 0.25) is 0 Å². The molecule has 1 saturated carbocycles. The van der Waals surface area contributed by atoms with E-state index in [9.17, 15) is 4.79 Å². The minimum Gasteiger partial charge on any atom is -0.339 e. The lowest BCUT2D eigenvalue weighted by atomic mass is 9.85. The van der Waals surface area contributed by atoms with E-state index in [4.69, 9.17) is 11.6 Å². The van der Waals surface area contributed by atoms with Crippen molar-refractivity contribution in [3.63, 3.8) is 0 Å². The fourth-order valence-corrected chi connectivity index (χ4v) is 3.06. The molecule has 4 heteroatoms. The second-order valence-electron chi connectivity index (χ2n) is 5.65. The fourth-order valence-electron chi connectivity index (χ4n) is 2.84. The summed E-state index contributed by atoms with van der Waals surface area (Å²) in [6.45, 7) is 3.61. The molecule has 21 heavy (non-hydrogen) atoms. The highest BCUT2D eigenvalue weighted by molar-refractivity contribution is 6.34. The number of fused-ring (bicyclic) bond motifs is 1. The molecule has 0 saturated heterocycles. The van der Waals surface area contributed by atoms with E-state index in [1.54, 1.807) is 6.20 Å². The second-order valence-corrected chi connectivity index (χ2v) is 6.01. The van der Waals surface area contributed by atoms with Crippen LogP contribution in [0, 0.1) is 5.92 Å². The van der Waals surface area contributed by atoms with Gasteiger partial charge in [-0.1, -0.05) is 42.3 Å². The Morgan fingerprint density at radius 2 is 2.05 bits per heavy atom. The predicted octanol–water partition coefficient (Wildman–Crippen LogP) is 4.15. The molecular formula is C17H19ClN2O. The summed E-state index contributed by atoms with van der Waals surface area (Å²) in [6.07, 6.45) is 5.38. The van der Waals surface area contributed by atoms with Gasteiger partial charge in [-0.05, 0) is 31.1 Å².